The van der Waals surface area contributed by atoms with Gasteiger partial charge in [-0.15, -0.1) is 0 Å². The van der Waals surface area contributed by atoms with E-state index in [1.165, 1.54) is 0 Å². The van der Waals surface area contributed by atoms with Crippen LogP contribution in [0.4, 0.5) is 0 Å². The Morgan fingerprint density at radius 3 is 2.06 bits per heavy atom. The second kappa shape index (κ2) is 12.5. The monoisotopic (exact) mass is 268 g/mol. The van der Waals surface area contributed by atoms with Gasteiger partial charge in [0.1, 0.15) is 0 Å². The van der Waals surface area contributed by atoms with E-state index in [1.54, 1.807) is 21.3 Å². The number of hydrogen-bond acceptors (Lipinski definition) is 5. The molecule has 1 unspecified atom stereocenters. The molecule has 0 radical (unpaired) electrons. The third kappa shape index (κ3) is 10.9. The van der Waals surface area contributed by atoms with Gasteiger partial charge in [0.15, 0.2) is 0 Å². The van der Waals surface area contributed by atoms with Crippen molar-refractivity contribution in [1.82, 2.24) is 0 Å². The topological polar surface area (TPSA) is 57.2 Å². The lowest BCUT2D eigenvalue weighted by Gasteiger charge is -2.22. The van der Waals surface area contributed by atoms with Crippen LogP contribution in [0.5, 0.6) is 0 Å². The first kappa shape index (κ1) is 19.4. The molecule has 0 aliphatic carbocycles. The van der Waals surface area contributed by atoms with Crippen LogP contribution in [0.3, 0.4) is 0 Å². The first-order valence-electron chi connectivity index (χ1n) is 5.73. The molecular weight excluding hydrogens is 240 g/mol. The van der Waals surface area contributed by atoms with Gasteiger partial charge in [-0.25, -0.2) is 0 Å². The average Bonchev–Trinajstić information content (AvgIpc) is 2.40. The highest BCUT2D eigenvalue weighted by Gasteiger charge is 2.27. The van der Waals surface area contributed by atoms with E-state index < -0.39 is 8.56 Å². The van der Waals surface area contributed by atoms with Gasteiger partial charge in [0.2, 0.25) is 0 Å². The van der Waals surface area contributed by atoms with Crippen molar-refractivity contribution in [3.8, 4) is 0 Å². The summed E-state index contributed by atoms with van der Waals surface area (Å²) in [6.07, 6.45) is 1.14. The first-order valence-corrected chi connectivity index (χ1v) is 8.26. The fourth-order valence-electron chi connectivity index (χ4n) is 1.10. The standard InChI is InChI=1S/C10H24O4Si.CH4O/c1-10(11-2)9-14-7-6-8-15(5,12-3)13-4;1-2/h10H,6-9H2,1-5H3;2H,1H3. The Hall–Kier alpha value is 0.0169. The molecule has 0 aliphatic rings. The summed E-state index contributed by atoms with van der Waals surface area (Å²) in [4.78, 5) is 0. The van der Waals surface area contributed by atoms with E-state index in [0.29, 0.717) is 6.61 Å². The van der Waals surface area contributed by atoms with Crippen molar-refractivity contribution in [2.45, 2.75) is 32.0 Å². The second-order valence-corrected chi connectivity index (χ2v) is 7.35. The largest absolute Gasteiger partial charge is 0.400 e. The van der Waals surface area contributed by atoms with Gasteiger partial charge in [-0.3, -0.25) is 0 Å². The smallest absolute Gasteiger partial charge is 0.334 e. The van der Waals surface area contributed by atoms with Gasteiger partial charge >= 0.3 is 8.56 Å². The van der Waals surface area contributed by atoms with Crippen LogP contribution in [0, 0.1) is 0 Å². The van der Waals surface area contributed by atoms with Crippen molar-refractivity contribution in [3.63, 3.8) is 0 Å². The minimum atomic E-state index is -1.89. The lowest BCUT2D eigenvalue weighted by molar-refractivity contribution is 0.0183. The predicted molar refractivity (Wildman–Crippen MR) is 70.5 cm³/mol. The van der Waals surface area contributed by atoms with Gasteiger partial charge in [-0.05, 0) is 25.9 Å². The van der Waals surface area contributed by atoms with Gasteiger partial charge in [0, 0.05) is 35.0 Å². The van der Waals surface area contributed by atoms with Gasteiger partial charge in [-0.2, -0.15) is 0 Å². The molecule has 0 saturated carbocycles. The summed E-state index contributed by atoms with van der Waals surface area (Å²) in [5.41, 5.74) is 0. The highest BCUT2D eigenvalue weighted by molar-refractivity contribution is 6.65. The fourth-order valence-corrected chi connectivity index (χ4v) is 2.46. The van der Waals surface area contributed by atoms with Crippen molar-refractivity contribution in [2.75, 3.05) is 41.7 Å². The Morgan fingerprint density at radius 2 is 1.65 bits per heavy atom. The Kier molecular flexibility index (Phi) is 14.2. The molecule has 0 heterocycles. The van der Waals surface area contributed by atoms with E-state index in [0.717, 1.165) is 26.2 Å². The van der Waals surface area contributed by atoms with Crippen molar-refractivity contribution in [2.24, 2.45) is 0 Å². The summed E-state index contributed by atoms with van der Waals surface area (Å²) >= 11 is 0. The van der Waals surface area contributed by atoms with Crippen LogP contribution in [0.25, 0.3) is 0 Å². The number of methoxy groups -OCH3 is 1. The quantitative estimate of drug-likeness (QED) is 0.506. The van der Waals surface area contributed by atoms with Gasteiger partial charge in [-0.1, -0.05) is 0 Å². The third-order valence-electron chi connectivity index (χ3n) is 2.54. The second-order valence-electron chi connectivity index (χ2n) is 3.77. The predicted octanol–water partition coefficient (Wildman–Crippen LogP) is 1.40. The van der Waals surface area contributed by atoms with Gasteiger partial charge < -0.3 is 23.4 Å². The fraction of sp³-hybridized carbons (Fsp3) is 1.00. The van der Waals surface area contributed by atoms with Crippen molar-refractivity contribution in [1.29, 1.82) is 0 Å². The summed E-state index contributed by atoms with van der Waals surface area (Å²) in [5, 5.41) is 7.00. The molecule has 5 nitrogen and oxygen atoms in total. The molecule has 0 aromatic heterocycles. The molecule has 106 valence electrons. The maximum Gasteiger partial charge on any atom is 0.334 e. The van der Waals surface area contributed by atoms with Gasteiger partial charge in [0.25, 0.3) is 0 Å². The van der Waals surface area contributed by atoms with Crippen LogP contribution >= 0.6 is 0 Å². The maximum atomic E-state index is 7.00. The number of aliphatic hydroxyl groups is 1. The summed E-state index contributed by atoms with van der Waals surface area (Å²) in [6.45, 7) is 5.44. The van der Waals surface area contributed by atoms with E-state index >= 15 is 0 Å². The molecular formula is C11H28O5Si. The number of aliphatic hydroxyl groups excluding tert-OH is 1. The molecule has 0 saturated heterocycles. The molecule has 0 aromatic carbocycles. The Balaban J connectivity index is 0. The highest BCUT2D eigenvalue weighted by Crippen LogP contribution is 2.13. The minimum Gasteiger partial charge on any atom is -0.400 e. The van der Waals surface area contributed by atoms with Crippen LogP contribution in [0.15, 0.2) is 0 Å². The molecule has 6 heteroatoms. The lowest BCUT2D eigenvalue weighted by Crippen LogP contribution is -2.36. The minimum absolute atomic E-state index is 0.165. The molecule has 17 heavy (non-hydrogen) atoms. The SMILES string of the molecule is CO.COC(C)COCCC[Si](C)(OC)OC. The lowest BCUT2D eigenvalue weighted by atomic mass is 10.4. The van der Waals surface area contributed by atoms with Crippen LogP contribution < -0.4 is 0 Å². The van der Waals surface area contributed by atoms with Crippen LogP contribution in [-0.4, -0.2) is 61.4 Å². The zero-order chi connectivity index (χ0) is 13.7. The molecule has 1 N–H and O–H groups in total. The maximum absolute atomic E-state index is 7.00. The molecule has 0 rings (SSSR count). The molecule has 0 spiro atoms. The molecule has 0 aliphatic heterocycles. The van der Waals surface area contributed by atoms with Crippen LogP contribution in [0.2, 0.25) is 12.6 Å². The Morgan fingerprint density at radius 1 is 1.12 bits per heavy atom. The first-order chi connectivity index (χ1) is 8.08. The summed E-state index contributed by atoms with van der Waals surface area (Å²) < 4.78 is 21.3. The highest BCUT2D eigenvalue weighted by atomic mass is 28.4. The van der Waals surface area contributed by atoms with Crippen molar-refractivity contribution in [3.05, 3.63) is 0 Å². The molecule has 0 bridgehead atoms. The van der Waals surface area contributed by atoms with Crippen LogP contribution in [0.1, 0.15) is 13.3 Å². The zero-order valence-corrected chi connectivity index (χ0v) is 13.0. The van der Waals surface area contributed by atoms with E-state index in [9.17, 15) is 0 Å². The number of ether oxygens (including phenoxy) is 2. The van der Waals surface area contributed by atoms with Crippen LogP contribution in [-0.2, 0) is 18.3 Å². The third-order valence-corrected chi connectivity index (χ3v) is 5.53. The van der Waals surface area contributed by atoms with E-state index in [1.807, 2.05) is 6.92 Å². The van der Waals surface area contributed by atoms with E-state index in [4.69, 9.17) is 23.4 Å². The Labute approximate surface area is 106 Å². The molecule has 0 fully saturated rings. The van der Waals surface area contributed by atoms with Gasteiger partial charge in [0.05, 0.1) is 12.7 Å². The number of hydrogen-bond donors (Lipinski definition) is 1. The molecule has 0 amide bonds. The average molecular weight is 268 g/mol. The molecule has 0 aromatic rings. The normalized spacial score (nSPS) is 12.9. The van der Waals surface area contributed by atoms with E-state index in [-0.39, 0.29) is 6.10 Å². The summed E-state index contributed by atoms with van der Waals surface area (Å²) in [5.74, 6) is 0. The summed E-state index contributed by atoms with van der Waals surface area (Å²) in [6, 6.07) is 0.960. The zero-order valence-electron chi connectivity index (χ0n) is 12.0. The number of rotatable bonds is 9. The van der Waals surface area contributed by atoms with Crippen molar-refractivity contribution >= 4 is 8.56 Å². The summed E-state index contributed by atoms with van der Waals surface area (Å²) in [7, 11) is 4.22. The Bertz CT molecular complexity index is 153. The molecule has 1 atom stereocenters. The van der Waals surface area contributed by atoms with Crippen molar-refractivity contribution < 1.29 is 23.4 Å². The van der Waals surface area contributed by atoms with E-state index in [2.05, 4.69) is 6.55 Å².